The molecule has 1 aromatic carbocycles. The molecule has 2 aromatic rings. The molecule has 176 valence electrons. The summed E-state index contributed by atoms with van der Waals surface area (Å²) in [5.41, 5.74) is 0.414. The number of amides is 1. The van der Waals surface area contributed by atoms with Crippen LogP contribution < -0.4 is 15.6 Å². The molecule has 7 nitrogen and oxygen atoms in total. The first-order chi connectivity index (χ1) is 16.1. The van der Waals surface area contributed by atoms with Gasteiger partial charge in [-0.1, -0.05) is 12.1 Å². The summed E-state index contributed by atoms with van der Waals surface area (Å²) in [7, 11) is 0. The first-order valence-corrected chi connectivity index (χ1v) is 11.9. The van der Waals surface area contributed by atoms with Gasteiger partial charge in [0.05, 0.1) is 24.8 Å². The first-order valence-electron chi connectivity index (χ1n) is 11.9. The van der Waals surface area contributed by atoms with Crippen LogP contribution in [0.1, 0.15) is 50.0 Å². The molecule has 6 rings (SSSR count). The van der Waals surface area contributed by atoms with Crippen LogP contribution >= 0.6 is 0 Å². The number of halogens is 1. The van der Waals surface area contributed by atoms with Gasteiger partial charge < -0.3 is 24.7 Å². The van der Waals surface area contributed by atoms with Crippen molar-refractivity contribution in [2.75, 3.05) is 25.1 Å². The van der Waals surface area contributed by atoms with Gasteiger partial charge in [-0.3, -0.25) is 9.59 Å². The van der Waals surface area contributed by atoms with E-state index in [1.54, 1.807) is 18.2 Å². The largest absolute Gasteiger partial charge is 0.483 e. The normalized spacial score (nSPS) is 27.9. The Balaban J connectivity index is 1.42. The lowest BCUT2D eigenvalue weighted by molar-refractivity contribution is -0.140. The monoisotopic (exact) mass is 455 g/mol. The summed E-state index contributed by atoms with van der Waals surface area (Å²) in [6, 6.07) is 9.60. The van der Waals surface area contributed by atoms with E-state index in [1.165, 1.54) is 12.1 Å². The Morgan fingerprint density at radius 3 is 2.67 bits per heavy atom. The van der Waals surface area contributed by atoms with Crippen molar-refractivity contribution in [3.05, 3.63) is 58.1 Å². The molecule has 2 bridgehead atoms. The number of rotatable bonds is 2. The molecular formula is C25H30FN3O4. The van der Waals surface area contributed by atoms with Gasteiger partial charge in [0.15, 0.2) is 6.61 Å². The number of carbonyl (C=O) groups is 1. The summed E-state index contributed by atoms with van der Waals surface area (Å²) < 4.78 is 27.0. The Hall–Kier alpha value is -2.87. The lowest BCUT2D eigenvalue weighted by Gasteiger charge is -2.42. The highest BCUT2D eigenvalue weighted by Gasteiger charge is 2.37. The van der Waals surface area contributed by atoms with Crippen LogP contribution in [0.5, 0.6) is 5.75 Å². The van der Waals surface area contributed by atoms with Crippen LogP contribution in [-0.2, 0) is 9.53 Å². The lowest BCUT2D eigenvalue weighted by atomic mass is 9.82. The standard InChI is InChI=1S/C25H30FN3O4/c26-18-4-1-6-21-25(18)16-9-11-17(12-10-16)32-14-20-19(27-22-7-2-8-23(30)28-22)5-3-13-29(20)24(31)15-33-21/h1-2,4,6-8,16-17,19-20H,3,5,9-15H2,(H2,27,28,30)/t16?,17?,19-,20-/m0/s1. The van der Waals surface area contributed by atoms with E-state index in [0.29, 0.717) is 30.3 Å². The Morgan fingerprint density at radius 1 is 1.03 bits per heavy atom. The van der Waals surface area contributed by atoms with Crippen molar-refractivity contribution in [2.45, 2.75) is 62.6 Å². The topological polar surface area (TPSA) is 83.7 Å². The Morgan fingerprint density at radius 2 is 1.85 bits per heavy atom. The van der Waals surface area contributed by atoms with Crippen LogP contribution in [0.25, 0.3) is 0 Å². The van der Waals surface area contributed by atoms with Gasteiger partial charge in [0.2, 0.25) is 5.56 Å². The van der Waals surface area contributed by atoms with E-state index in [1.807, 2.05) is 11.0 Å². The number of nitrogens with one attached hydrogen (secondary N) is 2. The van der Waals surface area contributed by atoms with E-state index < -0.39 is 0 Å². The van der Waals surface area contributed by atoms with Crippen molar-refractivity contribution in [2.24, 2.45) is 0 Å². The number of nitrogens with zero attached hydrogens (tertiary/aromatic N) is 1. The van der Waals surface area contributed by atoms with Crippen molar-refractivity contribution in [3.63, 3.8) is 0 Å². The van der Waals surface area contributed by atoms with Gasteiger partial charge >= 0.3 is 0 Å². The van der Waals surface area contributed by atoms with E-state index in [-0.39, 0.29) is 48.0 Å². The van der Waals surface area contributed by atoms with Gasteiger partial charge in [0.25, 0.3) is 5.91 Å². The van der Waals surface area contributed by atoms with Crippen molar-refractivity contribution < 1.29 is 18.7 Å². The molecule has 3 aliphatic heterocycles. The number of fused-ring (bicyclic) bond motifs is 5. The van der Waals surface area contributed by atoms with E-state index in [9.17, 15) is 14.0 Å². The maximum absolute atomic E-state index is 14.7. The third kappa shape index (κ3) is 4.76. The van der Waals surface area contributed by atoms with Crippen molar-refractivity contribution >= 4 is 11.7 Å². The fraction of sp³-hybridized carbons (Fsp3) is 0.520. The molecule has 33 heavy (non-hydrogen) atoms. The molecule has 1 aliphatic carbocycles. The van der Waals surface area contributed by atoms with Crippen LogP contribution in [0.4, 0.5) is 10.2 Å². The van der Waals surface area contributed by atoms with Crippen LogP contribution in [0.3, 0.4) is 0 Å². The fourth-order valence-electron chi connectivity index (χ4n) is 5.49. The molecule has 8 heteroatoms. The van der Waals surface area contributed by atoms with Gasteiger partial charge in [-0.15, -0.1) is 0 Å². The summed E-state index contributed by atoms with van der Waals surface area (Å²) in [5.74, 6) is 0.765. The molecule has 1 saturated heterocycles. The number of carbonyl (C=O) groups excluding carboxylic acids is 1. The summed E-state index contributed by atoms with van der Waals surface area (Å²) in [6.07, 6.45) is 5.14. The highest BCUT2D eigenvalue weighted by Crippen LogP contribution is 2.40. The van der Waals surface area contributed by atoms with Gasteiger partial charge in [0, 0.05) is 18.2 Å². The van der Waals surface area contributed by atoms with Crippen LogP contribution in [-0.4, -0.2) is 53.7 Å². The zero-order valence-corrected chi connectivity index (χ0v) is 18.6. The maximum Gasteiger partial charge on any atom is 0.260 e. The molecule has 2 atom stereocenters. The number of anilines is 1. The van der Waals surface area contributed by atoms with Crippen molar-refractivity contribution in [1.82, 2.24) is 9.88 Å². The molecule has 2 N–H and O–H groups in total. The number of benzene rings is 1. The van der Waals surface area contributed by atoms with Crippen LogP contribution in [0.2, 0.25) is 0 Å². The Bertz CT molecular complexity index is 1050. The quantitative estimate of drug-likeness (QED) is 0.725. The predicted octanol–water partition coefficient (Wildman–Crippen LogP) is 3.42. The number of ether oxygens (including phenoxy) is 2. The zero-order valence-electron chi connectivity index (χ0n) is 18.6. The third-order valence-corrected chi connectivity index (χ3v) is 7.16. The van der Waals surface area contributed by atoms with Crippen LogP contribution in [0.15, 0.2) is 41.2 Å². The summed E-state index contributed by atoms with van der Waals surface area (Å²) in [4.78, 5) is 29.6. The SMILES string of the molecule is O=C1COc2cccc(F)c2C2CCC(CC2)OC[C@H]2[C@@H](Nc3cccc(=O)[nH]3)CCCN12. The second-order valence-corrected chi connectivity index (χ2v) is 9.22. The minimum absolute atomic E-state index is 0.0630. The molecule has 0 unspecified atom stereocenters. The summed E-state index contributed by atoms with van der Waals surface area (Å²) in [5, 5.41) is 3.41. The number of aromatic nitrogens is 1. The molecule has 1 saturated carbocycles. The van der Waals surface area contributed by atoms with Crippen molar-refractivity contribution in [1.29, 1.82) is 0 Å². The maximum atomic E-state index is 14.7. The second-order valence-electron chi connectivity index (χ2n) is 9.22. The first kappa shape index (κ1) is 21.9. The second kappa shape index (κ2) is 9.55. The Kier molecular flexibility index (Phi) is 6.35. The minimum Gasteiger partial charge on any atom is -0.483 e. The fourth-order valence-corrected chi connectivity index (χ4v) is 5.49. The highest BCUT2D eigenvalue weighted by molar-refractivity contribution is 5.78. The average Bonchev–Trinajstić information content (AvgIpc) is 2.83. The highest BCUT2D eigenvalue weighted by atomic mass is 19.1. The average molecular weight is 456 g/mol. The molecule has 0 spiro atoms. The number of H-pyrrole nitrogens is 1. The number of piperidine rings is 1. The Labute approximate surface area is 192 Å². The summed E-state index contributed by atoms with van der Waals surface area (Å²) >= 11 is 0. The molecule has 0 radical (unpaired) electrons. The molecule has 4 aliphatic rings. The number of aromatic amines is 1. The third-order valence-electron chi connectivity index (χ3n) is 7.16. The lowest BCUT2D eigenvalue weighted by Crippen LogP contribution is -2.57. The van der Waals surface area contributed by atoms with Gasteiger partial charge in [-0.2, -0.15) is 0 Å². The zero-order chi connectivity index (χ0) is 22.8. The molecule has 1 aromatic heterocycles. The summed E-state index contributed by atoms with van der Waals surface area (Å²) in [6.45, 7) is 0.887. The predicted molar refractivity (Wildman–Crippen MR) is 122 cm³/mol. The van der Waals surface area contributed by atoms with Gasteiger partial charge in [0.1, 0.15) is 17.4 Å². The van der Waals surface area contributed by atoms with Crippen molar-refractivity contribution in [3.8, 4) is 5.75 Å². The minimum atomic E-state index is -0.267. The molecule has 1 amide bonds. The molecule has 2 fully saturated rings. The van der Waals surface area contributed by atoms with E-state index in [4.69, 9.17) is 9.47 Å². The van der Waals surface area contributed by atoms with Gasteiger partial charge in [-0.25, -0.2) is 4.39 Å². The molecule has 4 heterocycles. The van der Waals surface area contributed by atoms with E-state index in [2.05, 4.69) is 10.3 Å². The number of hydrogen-bond acceptors (Lipinski definition) is 5. The smallest absolute Gasteiger partial charge is 0.260 e. The number of hydrogen-bond donors (Lipinski definition) is 2. The van der Waals surface area contributed by atoms with Crippen LogP contribution in [0, 0.1) is 5.82 Å². The van der Waals surface area contributed by atoms with E-state index in [0.717, 1.165) is 38.5 Å². The molecular weight excluding hydrogens is 425 g/mol. The number of pyridine rings is 1. The van der Waals surface area contributed by atoms with Gasteiger partial charge in [-0.05, 0) is 62.6 Å². The van der Waals surface area contributed by atoms with E-state index >= 15 is 0 Å².